The van der Waals surface area contributed by atoms with Gasteiger partial charge in [0, 0.05) is 7.11 Å². The Balaban J connectivity index is 3.11. The highest BCUT2D eigenvalue weighted by Crippen LogP contribution is 2.18. The van der Waals surface area contributed by atoms with Crippen LogP contribution in [0, 0.1) is 6.58 Å². The summed E-state index contributed by atoms with van der Waals surface area (Å²) in [6.07, 6.45) is 14.8. The quantitative estimate of drug-likeness (QED) is 0.420. The predicted molar refractivity (Wildman–Crippen MR) is 76.1 cm³/mol. The van der Waals surface area contributed by atoms with Crippen LogP contribution in [0.15, 0.2) is 6.08 Å². The van der Waals surface area contributed by atoms with Crippen LogP contribution in [0.3, 0.4) is 0 Å². The molecule has 1 heteroatoms. The zero-order chi connectivity index (χ0) is 13.0. The van der Waals surface area contributed by atoms with E-state index >= 15 is 0 Å². The van der Waals surface area contributed by atoms with Crippen molar-refractivity contribution in [3.63, 3.8) is 0 Å². The lowest BCUT2D eigenvalue weighted by Gasteiger charge is -2.22. The van der Waals surface area contributed by atoms with E-state index in [0.29, 0.717) is 0 Å². The van der Waals surface area contributed by atoms with Crippen LogP contribution in [0.4, 0.5) is 0 Å². The van der Waals surface area contributed by atoms with Gasteiger partial charge in [-0.25, -0.2) is 0 Å². The van der Waals surface area contributed by atoms with E-state index in [1.807, 2.05) is 0 Å². The highest BCUT2D eigenvalue weighted by atomic mass is 16.5. The number of allylic oxidation sites excluding steroid dienone is 1. The van der Waals surface area contributed by atoms with Crippen molar-refractivity contribution in [2.24, 2.45) is 0 Å². The van der Waals surface area contributed by atoms with Crippen LogP contribution >= 0.6 is 0 Å². The molecule has 0 unspecified atom stereocenters. The molecule has 0 spiro atoms. The van der Waals surface area contributed by atoms with Crippen LogP contribution < -0.4 is 0 Å². The second-order valence-corrected chi connectivity index (χ2v) is 5.57. The smallest absolute Gasteiger partial charge is 0.0622 e. The molecular weight excluding hydrogens is 208 g/mol. The molecule has 0 fully saturated rings. The summed E-state index contributed by atoms with van der Waals surface area (Å²) in [7, 11) is 1.80. The fraction of sp³-hybridized carbons (Fsp3) is 0.875. The van der Waals surface area contributed by atoms with Gasteiger partial charge in [0.1, 0.15) is 0 Å². The summed E-state index contributed by atoms with van der Waals surface area (Å²) in [6, 6.07) is 0. The first-order chi connectivity index (χ1) is 8.12. The maximum atomic E-state index is 5.41. The van der Waals surface area contributed by atoms with Crippen molar-refractivity contribution >= 4 is 0 Å². The Morgan fingerprint density at radius 1 is 0.882 bits per heavy atom. The van der Waals surface area contributed by atoms with Gasteiger partial charge in [-0.15, -0.1) is 0 Å². The summed E-state index contributed by atoms with van der Waals surface area (Å²) in [6.45, 7) is 9.67. The van der Waals surface area contributed by atoms with Gasteiger partial charge in [0.25, 0.3) is 0 Å². The largest absolute Gasteiger partial charge is 0.379 e. The van der Waals surface area contributed by atoms with Crippen molar-refractivity contribution in [3.05, 3.63) is 12.7 Å². The molecule has 0 aromatic heterocycles. The van der Waals surface area contributed by atoms with Crippen molar-refractivity contribution in [2.75, 3.05) is 7.11 Å². The molecule has 0 aromatic carbocycles. The van der Waals surface area contributed by atoms with Gasteiger partial charge >= 0.3 is 0 Å². The summed E-state index contributed by atoms with van der Waals surface area (Å²) in [5.74, 6) is 0. The van der Waals surface area contributed by atoms with E-state index in [1.54, 1.807) is 13.2 Å². The molecule has 0 saturated carbocycles. The molecule has 0 atom stereocenters. The maximum absolute atomic E-state index is 5.41. The summed E-state index contributed by atoms with van der Waals surface area (Å²) in [5.41, 5.74) is 0.0682. The van der Waals surface area contributed by atoms with Gasteiger partial charge in [0.05, 0.1) is 5.60 Å². The minimum absolute atomic E-state index is 0.0682. The van der Waals surface area contributed by atoms with Gasteiger partial charge in [-0.1, -0.05) is 57.6 Å². The minimum Gasteiger partial charge on any atom is -0.379 e. The highest BCUT2D eigenvalue weighted by molar-refractivity contribution is 4.67. The minimum atomic E-state index is 0.0682. The third kappa shape index (κ3) is 12.0. The van der Waals surface area contributed by atoms with Crippen LogP contribution in [0.1, 0.15) is 78.1 Å². The van der Waals surface area contributed by atoms with Crippen LogP contribution in [-0.2, 0) is 4.74 Å². The van der Waals surface area contributed by atoms with Crippen LogP contribution in [0.25, 0.3) is 0 Å². The number of hydrogen-bond donors (Lipinski definition) is 0. The highest BCUT2D eigenvalue weighted by Gasteiger charge is 2.14. The molecule has 17 heavy (non-hydrogen) atoms. The number of ether oxygens (including phenoxy) is 1. The van der Waals surface area contributed by atoms with Gasteiger partial charge in [-0.2, -0.15) is 0 Å². The van der Waals surface area contributed by atoms with Crippen LogP contribution in [-0.4, -0.2) is 12.7 Å². The molecule has 0 rings (SSSR count). The van der Waals surface area contributed by atoms with E-state index in [2.05, 4.69) is 13.8 Å². The first-order valence-corrected chi connectivity index (χ1v) is 7.21. The summed E-state index contributed by atoms with van der Waals surface area (Å²) in [5, 5.41) is 0. The fourth-order valence-electron chi connectivity index (χ4n) is 1.98. The Labute approximate surface area is 109 Å². The standard InChI is InChI=1S/C16H31O/c1-5-6-7-8-9-10-11-12-13-14-15-16(2,3)17-4/h1,5H,6-15H2,2-4H3. The molecule has 0 aromatic rings. The Bertz CT molecular complexity index is 172. The maximum Gasteiger partial charge on any atom is 0.0622 e. The van der Waals surface area contributed by atoms with E-state index in [-0.39, 0.29) is 5.60 Å². The zero-order valence-electron chi connectivity index (χ0n) is 12.1. The van der Waals surface area contributed by atoms with Crippen LogP contribution in [0.2, 0.25) is 0 Å². The summed E-state index contributed by atoms with van der Waals surface area (Å²) >= 11 is 0. The Hall–Kier alpha value is -0.300. The lowest BCUT2D eigenvalue weighted by molar-refractivity contribution is 0.0134. The fourth-order valence-corrected chi connectivity index (χ4v) is 1.98. The van der Waals surface area contributed by atoms with Gasteiger partial charge in [-0.3, -0.25) is 0 Å². The Morgan fingerprint density at radius 2 is 1.35 bits per heavy atom. The number of methoxy groups -OCH3 is 1. The number of unbranched alkanes of at least 4 members (excludes halogenated alkanes) is 8. The molecule has 0 aliphatic heterocycles. The molecule has 0 aliphatic carbocycles. The van der Waals surface area contributed by atoms with E-state index < -0.39 is 0 Å². The van der Waals surface area contributed by atoms with Crippen molar-refractivity contribution in [3.8, 4) is 0 Å². The van der Waals surface area contributed by atoms with Gasteiger partial charge < -0.3 is 4.74 Å². The van der Waals surface area contributed by atoms with Crippen molar-refractivity contribution in [2.45, 2.75) is 83.7 Å². The van der Waals surface area contributed by atoms with Crippen LogP contribution in [0.5, 0.6) is 0 Å². The number of rotatable bonds is 12. The second-order valence-electron chi connectivity index (χ2n) is 5.57. The van der Waals surface area contributed by atoms with Crippen molar-refractivity contribution < 1.29 is 4.74 Å². The molecule has 1 radical (unpaired) electrons. The third-order valence-corrected chi connectivity index (χ3v) is 3.45. The molecule has 0 saturated heterocycles. The summed E-state index contributed by atoms with van der Waals surface area (Å²) < 4.78 is 5.41. The molecular formula is C16H31O. The normalized spacial score (nSPS) is 11.7. The predicted octanol–water partition coefficient (Wildman–Crippen LogP) is 5.30. The Kier molecular flexibility index (Phi) is 10.6. The molecule has 101 valence electrons. The van der Waals surface area contributed by atoms with Gasteiger partial charge in [0.2, 0.25) is 0 Å². The van der Waals surface area contributed by atoms with E-state index in [1.165, 1.54) is 57.8 Å². The van der Waals surface area contributed by atoms with E-state index in [9.17, 15) is 0 Å². The van der Waals surface area contributed by atoms with E-state index in [0.717, 1.165) is 6.42 Å². The topological polar surface area (TPSA) is 9.23 Å². The van der Waals surface area contributed by atoms with Crippen molar-refractivity contribution in [1.29, 1.82) is 0 Å². The van der Waals surface area contributed by atoms with E-state index in [4.69, 9.17) is 11.3 Å². The first-order valence-electron chi connectivity index (χ1n) is 7.21. The monoisotopic (exact) mass is 239 g/mol. The van der Waals surface area contributed by atoms with Gasteiger partial charge in [0.15, 0.2) is 0 Å². The molecule has 0 bridgehead atoms. The molecule has 0 aliphatic rings. The SMILES string of the molecule is [CH]=CCCCCCCCCCCC(C)(C)OC. The third-order valence-electron chi connectivity index (χ3n) is 3.45. The second kappa shape index (κ2) is 10.8. The lowest BCUT2D eigenvalue weighted by Crippen LogP contribution is -2.21. The average Bonchev–Trinajstić information content (AvgIpc) is 2.31. The summed E-state index contributed by atoms with van der Waals surface area (Å²) in [4.78, 5) is 0. The number of hydrogen-bond acceptors (Lipinski definition) is 1. The molecule has 0 heterocycles. The zero-order valence-corrected chi connectivity index (χ0v) is 12.1. The van der Waals surface area contributed by atoms with Crippen molar-refractivity contribution in [1.82, 2.24) is 0 Å². The molecule has 0 N–H and O–H groups in total. The molecule has 0 amide bonds. The van der Waals surface area contributed by atoms with Gasteiger partial charge in [-0.05, 0) is 33.1 Å². The average molecular weight is 239 g/mol. The first kappa shape index (κ1) is 16.7. The Morgan fingerprint density at radius 3 is 1.82 bits per heavy atom. The lowest BCUT2D eigenvalue weighted by atomic mass is 9.99. The molecule has 1 nitrogen and oxygen atoms in total.